The summed E-state index contributed by atoms with van der Waals surface area (Å²) in [7, 11) is 0. The van der Waals surface area contributed by atoms with Gasteiger partial charge in [-0.3, -0.25) is 0 Å². The van der Waals surface area contributed by atoms with Crippen molar-refractivity contribution in [2.75, 3.05) is 6.61 Å². The average Bonchev–Trinajstić information content (AvgIpc) is 2.41. The van der Waals surface area contributed by atoms with E-state index in [1.54, 1.807) is 6.92 Å². The Bertz CT molecular complexity index is 529. The second-order valence-electron chi connectivity index (χ2n) is 6.18. The van der Waals surface area contributed by atoms with Crippen LogP contribution in [0, 0.1) is 5.92 Å². The van der Waals surface area contributed by atoms with Crippen molar-refractivity contribution in [3.63, 3.8) is 0 Å². The molecule has 0 spiro atoms. The topological polar surface area (TPSA) is 46.5 Å². The van der Waals surface area contributed by atoms with Crippen LogP contribution in [0.5, 0.6) is 0 Å². The first kappa shape index (κ1) is 16.2. The number of rotatable bonds is 5. The Labute approximate surface area is 134 Å². The standard InChI is InChI=1S/C17H21BrO3/c1-11(2)16(20)21-10-15(19)12-8-17(3,9-12)13-4-6-14(18)7-5-13/h4-7,12,15,19H,1,8-10H2,2-3H3. The van der Waals surface area contributed by atoms with Gasteiger partial charge in [-0.25, -0.2) is 4.79 Å². The van der Waals surface area contributed by atoms with Gasteiger partial charge in [-0.1, -0.05) is 41.6 Å². The molecule has 1 N–H and O–H groups in total. The van der Waals surface area contributed by atoms with Crippen LogP contribution in [0.4, 0.5) is 0 Å². The predicted molar refractivity (Wildman–Crippen MR) is 86.0 cm³/mol. The van der Waals surface area contributed by atoms with Gasteiger partial charge < -0.3 is 9.84 Å². The molecule has 4 heteroatoms. The molecule has 1 saturated carbocycles. The summed E-state index contributed by atoms with van der Waals surface area (Å²) in [4.78, 5) is 11.3. The lowest BCUT2D eigenvalue weighted by Crippen LogP contribution is -2.45. The van der Waals surface area contributed by atoms with Crippen LogP contribution in [0.25, 0.3) is 0 Å². The molecule has 0 bridgehead atoms. The van der Waals surface area contributed by atoms with E-state index < -0.39 is 12.1 Å². The first-order chi connectivity index (χ1) is 9.82. The second-order valence-corrected chi connectivity index (χ2v) is 7.10. The van der Waals surface area contributed by atoms with E-state index in [0.717, 1.165) is 17.3 Å². The Kier molecular flexibility index (Phi) is 4.89. The molecule has 1 unspecified atom stereocenters. The lowest BCUT2D eigenvalue weighted by molar-refractivity contribution is -0.144. The molecular formula is C17H21BrO3. The number of benzene rings is 1. The fourth-order valence-corrected chi connectivity index (χ4v) is 3.14. The van der Waals surface area contributed by atoms with Gasteiger partial charge in [0.1, 0.15) is 6.61 Å². The first-order valence-corrected chi connectivity index (χ1v) is 7.88. The van der Waals surface area contributed by atoms with Crippen molar-refractivity contribution in [1.82, 2.24) is 0 Å². The minimum Gasteiger partial charge on any atom is -0.460 e. The number of carbonyl (C=O) groups is 1. The maximum Gasteiger partial charge on any atom is 0.333 e. The van der Waals surface area contributed by atoms with Crippen molar-refractivity contribution in [3.05, 3.63) is 46.5 Å². The highest BCUT2D eigenvalue weighted by molar-refractivity contribution is 9.10. The van der Waals surface area contributed by atoms with E-state index in [4.69, 9.17) is 4.74 Å². The molecule has 0 radical (unpaired) electrons. The molecule has 3 nitrogen and oxygen atoms in total. The third kappa shape index (κ3) is 3.74. The van der Waals surface area contributed by atoms with Crippen molar-refractivity contribution < 1.29 is 14.6 Å². The van der Waals surface area contributed by atoms with Crippen molar-refractivity contribution in [1.29, 1.82) is 0 Å². The zero-order chi connectivity index (χ0) is 15.6. The SMILES string of the molecule is C=C(C)C(=O)OCC(O)C1CC(C)(c2ccc(Br)cc2)C1. The number of carbonyl (C=O) groups excluding carboxylic acids is 1. The second kappa shape index (κ2) is 6.32. The van der Waals surface area contributed by atoms with Gasteiger partial charge in [-0.2, -0.15) is 0 Å². The number of ether oxygens (including phenoxy) is 1. The Hall–Kier alpha value is -1.13. The Morgan fingerprint density at radius 1 is 1.48 bits per heavy atom. The van der Waals surface area contributed by atoms with E-state index in [1.165, 1.54) is 5.56 Å². The highest BCUT2D eigenvalue weighted by Crippen LogP contribution is 2.49. The largest absolute Gasteiger partial charge is 0.460 e. The summed E-state index contributed by atoms with van der Waals surface area (Å²) >= 11 is 3.44. The van der Waals surface area contributed by atoms with Crippen LogP contribution < -0.4 is 0 Å². The van der Waals surface area contributed by atoms with Crippen LogP contribution in [0.1, 0.15) is 32.3 Å². The van der Waals surface area contributed by atoms with E-state index >= 15 is 0 Å². The van der Waals surface area contributed by atoms with Crippen LogP contribution in [-0.2, 0) is 14.9 Å². The average molecular weight is 353 g/mol. The number of hydrogen-bond donors (Lipinski definition) is 1. The highest BCUT2D eigenvalue weighted by atomic mass is 79.9. The van der Waals surface area contributed by atoms with Gasteiger partial charge in [0.15, 0.2) is 0 Å². The lowest BCUT2D eigenvalue weighted by atomic mass is 9.58. The van der Waals surface area contributed by atoms with Crippen molar-refractivity contribution in [2.24, 2.45) is 5.92 Å². The van der Waals surface area contributed by atoms with E-state index in [9.17, 15) is 9.90 Å². The van der Waals surface area contributed by atoms with Crippen molar-refractivity contribution in [3.8, 4) is 0 Å². The summed E-state index contributed by atoms with van der Waals surface area (Å²) in [5, 5.41) is 10.1. The summed E-state index contributed by atoms with van der Waals surface area (Å²) in [6, 6.07) is 8.32. The fraction of sp³-hybridized carbons (Fsp3) is 0.471. The van der Waals surface area contributed by atoms with Crippen LogP contribution in [0.3, 0.4) is 0 Å². The van der Waals surface area contributed by atoms with Gasteiger partial charge in [0, 0.05) is 10.0 Å². The fourth-order valence-electron chi connectivity index (χ4n) is 2.88. The smallest absolute Gasteiger partial charge is 0.333 e. The summed E-state index contributed by atoms with van der Waals surface area (Å²) < 4.78 is 6.08. The summed E-state index contributed by atoms with van der Waals surface area (Å²) in [6.07, 6.45) is 1.21. The van der Waals surface area contributed by atoms with Gasteiger partial charge in [0.2, 0.25) is 0 Å². The maximum absolute atomic E-state index is 11.3. The van der Waals surface area contributed by atoms with Crippen molar-refractivity contribution in [2.45, 2.75) is 38.2 Å². The quantitative estimate of drug-likeness (QED) is 0.650. The molecule has 114 valence electrons. The van der Waals surface area contributed by atoms with Crippen LogP contribution >= 0.6 is 15.9 Å². The number of aliphatic hydroxyl groups excluding tert-OH is 1. The van der Waals surface area contributed by atoms with Gasteiger partial charge >= 0.3 is 5.97 Å². The third-order valence-electron chi connectivity index (χ3n) is 4.24. The number of hydrogen-bond acceptors (Lipinski definition) is 3. The molecule has 0 amide bonds. The molecule has 1 aromatic rings. The molecule has 1 aromatic carbocycles. The van der Waals surface area contributed by atoms with Gasteiger partial charge in [0.05, 0.1) is 6.10 Å². The monoisotopic (exact) mass is 352 g/mol. The molecular weight excluding hydrogens is 332 g/mol. The van der Waals surface area contributed by atoms with Gasteiger partial charge in [0.25, 0.3) is 0 Å². The predicted octanol–water partition coefficient (Wildman–Crippen LogP) is 3.60. The molecule has 21 heavy (non-hydrogen) atoms. The zero-order valence-corrected chi connectivity index (χ0v) is 14.0. The molecule has 0 heterocycles. The molecule has 0 saturated heterocycles. The van der Waals surface area contributed by atoms with E-state index in [1.807, 2.05) is 12.1 Å². The molecule has 1 fully saturated rings. The Morgan fingerprint density at radius 2 is 2.05 bits per heavy atom. The molecule has 1 aliphatic rings. The van der Waals surface area contributed by atoms with Crippen molar-refractivity contribution >= 4 is 21.9 Å². The lowest BCUT2D eigenvalue weighted by Gasteiger charge is -2.47. The molecule has 0 aliphatic heterocycles. The number of halogens is 1. The molecule has 1 aliphatic carbocycles. The van der Waals surface area contributed by atoms with Gasteiger partial charge in [-0.05, 0) is 48.8 Å². The Balaban J connectivity index is 1.86. The summed E-state index contributed by atoms with van der Waals surface area (Å²) in [5.41, 5.74) is 1.74. The maximum atomic E-state index is 11.3. The number of aliphatic hydroxyl groups is 1. The third-order valence-corrected chi connectivity index (χ3v) is 4.77. The minimum absolute atomic E-state index is 0.0484. The van der Waals surface area contributed by atoms with Crippen LogP contribution in [0.15, 0.2) is 40.9 Å². The molecule has 2 rings (SSSR count). The highest BCUT2D eigenvalue weighted by Gasteiger charge is 2.44. The van der Waals surface area contributed by atoms with E-state index in [2.05, 4.69) is 41.6 Å². The van der Waals surface area contributed by atoms with E-state index in [0.29, 0.717) is 5.57 Å². The Morgan fingerprint density at radius 3 is 2.57 bits per heavy atom. The van der Waals surface area contributed by atoms with Gasteiger partial charge in [-0.15, -0.1) is 0 Å². The summed E-state index contributed by atoms with van der Waals surface area (Å²) in [5.74, 6) is -0.263. The first-order valence-electron chi connectivity index (χ1n) is 7.08. The van der Waals surface area contributed by atoms with Crippen LogP contribution in [-0.4, -0.2) is 23.8 Å². The molecule has 0 aromatic heterocycles. The molecule has 1 atom stereocenters. The zero-order valence-electron chi connectivity index (χ0n) is 12.4. The number of esters is 1. The van der Waals surface area contributed by atoms with E-state index in [-0.39, 0.29) is 17.9 Å². The minimum atomic E-state index is -0.600. The summed E-state index contributed by atoms with van der Waals surface area (Å²) in [6.45, 7) is 7.38. The van der Waals surface area contributed by atoms with Crippen LogP contribution in [0.2, 0.25) is 0 Å². The normalized spacial score (nSPS) is 25.8.